The number of hydrogen-bond donors (Lipinski definition) is 0. The number of rotatable bonds is 7. The van der Waals surface area contributed by atoms with Crippen molar-refractivity contribution >= 4 is 33.0 Å². The number of fused-ring (bicyclic) bond motifs is 3. The van der Waals surface area contributed by atoms with E-state index in [-0.39, 0.29) is 29.6 Å². The van der Waals surface area contributed by atoms with Crippen molar-refractivity contribution in [2.75, 3.05) is 12.3 Å². The van der Waals surface area contributed by atoms with Crippen LogP contribution in [0.15, 0.2) is 106 Å². The number of hydrogen-bond acceptors (Lipinski definition) is 7. The molecule has 6 rings (SSSR count). The van der Waals surface area contributed by atoms with Gasteiger partial charge in [-0.05, 0) is 23.3 Å². The second kappa shape index (κ2) is 9.81. The highest BCUT2D eigenvalue weighted by molar-refractivity contribution is 7.91. The minimum absolute atomic E-state index is 0.0375. The van der Waals surface area contributed by atoms with E-state index >= 15 is 0 Å². The van der Waals surface area contributed by atoms with Crippen molar-refractivity contribution in [3.05, 3.63) is 118 Å². The van der Waals surface area contributed by atoms with Crippen molar-refractivity contribution in [3.8, 4) is 0 Å². The van der Waals surface area contributed by atoms with Gasteiger partial charge in [-0.1, -0.05) is 72.8 Å². The summed E-state index contributed by atoms with van der Waals surface area (Å²) in [6.07, 6.45) is 1.32. The number of amides is 1. The van der Waals surface area contributed by atoms with Crippen LogP contribution in [0.1, 0.15) is 27.8 Å². The average Bonchev–Trinajstić information content (AvgIpc) is 3.60. The first kappa shape index (κ1) is 24.5. The van der Waals surface area contributed by atoms with E-state index in [9.17, 15) is 13.2 Å². The van der Waals surface area contributed by atoms with E-state index in [1.54, 1.807) is 41.4 Å². The van der Waals surface area contributed by atoms with Crippen LogP contribution in [0.4, 0.5) is 0 Å². The molecule has 2 atom stereocenters. The number of nitrogens with zero attached hydrogens (tertiary/aromatic N) is 3. The molecule has 0 saturated carbocycles. The van der Waals surface area contributed by atoms with Gasteiger partial charge in [-0.3, -0.25) is 4.79 Å². The van der Waals surface area contributed by atoms with Gasteiger partial charge in [0, 0.05) is 36.7 Å². The van der Waals surface area contributed by atoms with Gasteiger partial charge < -0.3 is 9.64 Å². The molecule has 0 N–H and O–H groups in total. The van der Waals surface area contributed by atoms with Gasteiger partial charge in [0.1, 0.15) is 0 Å². The van der Waals surface area contributed by atoms with Gasteiger partial charge in [-0.2, -0.15) is 0 Å². The standard InChI is InChI=1S/C29H25N3O4S2/c33-28-29(19-21-9-3-1-4-10-21)25(36-26(31-29)27-30-15-17-37-27)24-14-8-7-11-22(24)20-32(28)16-18-38(34,35)23-12-5-2-6-13-23/h1-15,17,25H,16,18-20H2/t25-,29-/m0/s1. The summed E-state index contributed by atoms with van der Waals surface area (Å²) in [6.45, 7) is 0.313. The lowest BCUT2D eigenvalue weighted by Crippen LogP contribution is -2.50. The average molecular weight is 544 g/mol. The molecule has 7 nitrogen and oxygen atoms in total. The van der Waals surface area contributed by atoms with E-state index in [1.165, 1.54) is 11.3 Å². The van der Waals surface area contributed by atoms with Crippen LogP contribution in [-0.4, -0.2) is 47.9 Å². The molecule has 4 aromatic rings. The van der Waals surface area contributed by atoms with Crippen LogP contribution in [0, 0.1) is 0 Å². The zero-order valence-electron chi connectivity index (χ0n) is 20.4. The third-order valence-electron chi connectivity index (χ3n) is 6.98. The Kier molecular flexibility index (Phi) is 6.33. The molecule has 0 saturated heterocycles. The Morgan fingerprint density at radius 3 is 2.42 bits per heavy atom. The van der Waals surface area contributed by atoms with Crippen molar-refractivity contribution in [1.29, 1.82) is 0 Å². The highest BCUT2D eigenvalue weighted by Gasteiger charge is 2.57. The van der Waals surface area contributed by atoms with Crippen molar-refractivity contribution < 1.29 is 17.9 Å². The Labute approximate surface area is 225 Å². The Morgan fingerprint density at radius 2 is 1.68 bits per heavy atom. The van der Waals surface area contributed by atoms with Crippen LogP contribution >= 0.6 is 11.3 Å². The van der Waals surface area contributed by atoms with Crippen LogP contribution in [0.2, 0.25) is 0 Å². The minimum Gasteiger partial charge on any atom is -0.464 e. The van der Waals surface area contributed by atoms with E-state index in [1.807, 2.05) is 60.0 Å². The van der Waals surface area contributed by atoms with E-state index in [0.29, 0.717) is 17.3 Å². The van der Waals surface area contributed by atoms with Gasteiger partial charge >= 0.3 is 0 Å². The van der Waals surface area contributed by atoms with Crippen molar-refractivity contribution in [2.24, 2.45) is 4.99 Å². The summed E-state index contributed by atoms with van der Waals surface area (Å²) in [5.74, 6) is -0.110. The Bertz CT molecular complexity index is 1590. The Morgan fingerprint density at radius 1 is 0.974 bits per heavy atom. The highest BCUT2D eigenvalue weighted by atomic mass is 32.2. The van der Waals surface area contributed by atoms with Crippen LogP contribution in [0.25, 0.3) is 0 Å². The molecule has 9 heteroatoms. The van der Waals surface area contributed by atoms with Gasteiger partial charge in [0.25, 0.3) is 5.91 Å². The predicted octanol–water partition coefficient (Wildman–Crippen LogP) is 4.46. The first-order valence-electron chi connectivity index (χ1n) is 12.3. The first-order valence-corrected chi connectivity index (χ1v) is 14.8. The smallest absolute Gasteiger partial charge is 0.255 e. The van der Waals surface area contributed by atoms with Crippen molar-refractivity contribution in [3.63, 3.8) is 0 Å². The lowest BCUT2D eigenvalue weighted by atomic mass is 9.82. The summed E-state index contributed by atoms with van der Waals surface area (Å²) in [4.78, 5) is 25.7. The lowest BCUT2D eigenvalue weighted by Gasteiger charge is -2.32. The largest absolute Gasteiger partial charge is 0.464 e. The molecule has 3 heterocycles. The second-order valence-corrected chi connectivity index (χ2v) is 12.4. The zero-order chi connectivity index (χ0) is 26.2. The summed E-state index contributed by atoms with van der Waals surface area (Å²) in [7, 11) is -3.59. The van der Waals surface area contributed by atoms with E-state index in [4.69, 9.17) is 9.73 Å². The van der Waals surface area contributed by atoms with Gasteiger partial charge in [0.15, 0.2) is 26.5 Å². The SMILES string of the molecule is O=C1N(CCS(=O)(=O)c2ccccc2)Cc2ccccc2[C@@H]2OC(c3nccs3)=N[C@]12Cc1ccccc1. The monoisotopic (exact) mass is 543 g/mol. The van der Waals surface area contributed by atoms with Gasteiger partial charge in [-0.15, -0.1) is 11.3 Å². The summed E-state index contributed by atoms with van der Waals surface area (Å²) >= 11 is 1.40. The molecule has 2 aliphatic rings. The maximum atomic E-state index is 14.5. The number of thiazole rings is 1. The molecule has 192 valence electrons. The number of aliphatic imine (C=N–C) groups is 1. The number of benzene rings is 3. The third-order valence-corrected chi connectivity index (χ3v) is 9.46. The molecule has 0 bridgehead atoms. The molecule has 0 aliphatic carbocycles. The number of carbonyl (C=O) groups excluding carboxylic acids is 1. The number of aromatic nitrogens is 1. The van der Waals surface area contributed by atoms with Crippen molar-refractivity contribution in [2.45, 2.75) is 29.5 Å². The Balaban J connectivity index is 1.44. The summed E-state index contributed by atoms with van der Waals surface area (Å²) in [5.41, 5.74) is 1.43. The van der Waals surface area contributed by atoms with Crippen LogP contribution < -0.4 is 0 Å². The first-order chi connectivity index (χ1) is 18.5. The maximum absolute atomic E-state index is 14.5. The molecule has 38 heavy (non-hydrogen) atoms. The molecule has 0 unspecified atom stereocenters. The Hall–Kier alpha value is -3.82. The fourth-order valence-corrected chi connectivity index (χ4v) is 6.98. The van der Waals surface area contributed by atoms with E-state index in [2.05, 4.69) is 4.98 Å². The van der Waals surface area contributed by atoms with Gasteiger partial charge in [-0.25, -0.2) is 18.4 Å². The summed E-state index contributed by atoms with van der Waals surface area (Å²) < 4.78 is 32.7. The molecule has 1 amide bonds. The molecule has 0 fully saturated rings. The molecule has 0 radical (unpaired) electrons. The maximum Gasteiger partial charge on any atom is 0.255 e. The highest BCUT2D eigenvalue weighted by Crippen LogP contribution is 2.46. The van der Waals surface area contributed by atoms with E-state index in [0.717, 1.165) is 16.7 Å². The fourth-order valence-electron chi connectivity index (χ4n) is 5.14. The summed E-state index contributed by atoms with van der Waals surface area (Å²) in [5, 5.41) is 2.45. The quantitative estimate of drug-likeness (QED) is 0.343. The number of carbonyl (C=O) groups is 1. The van der Waals surface area contributed by atoms with E-state index < -0.39 is 21.5 Å². The van der Waals surface area contributed by atoms with Crippen LogP contribution in [-0.2, 0) is 32.3 Å². The molecule has 1 aromatic heterocycles. The zero-order valence-corrected chi connectivity index (χ0v) is 22.1. The second-order valence-electron chi connectivity index (χ2n) is 9.40. The molecular weight excluding hydrogens is 518 g/mol. The molecule has 2 aliphatic heterocycles. The summed E-state index contributed by atoms with van der Waals surface area (Å²) in [6, 6.07) is 25.8. The molecular formula is C29H25N3O4S2. The number of sulfone groups is 1. The topological polar surface area (TPSA) is 88.9 Å². The van der Waals surface area contributed by atoms with Crippen molar-refractivity contribution in [1.82, 2.24) is 9.88 Å². The third kappa shape index (κ3) is 4.41. The molecule has 0 spiro atoms. The van der Waals surface area contributed by atoms with Gasteiger partial charge in [0.05, 0.1) is 10.6 Å². The fraction of sp³-hybridized carbons (Fsp3) is 0.207. The minimum atomic E-state index is -3.59. The normalized spacial score (nSPS) is 20.7. The lowest BCUT2D eigenvalue weighted by molar-refractivity contribution is -0.139. The predicted molar refractivity (Wildman–Crippen MR) is 146 cm³/mol. The van der Waals surface area contributed by atoms with Gasteiger partial charge in [0.2, 0.25) is 5.90 Å². The van der Waals surface area contributed by atoms with Crippen LogP contribution in [0.5, 0.6) is 0 Å². The van der Waals surface area contributed by atoms with Crippen LogP contribution in [0.3, 0.4) is 0 Å². The molecule has 3 aromatic carbocycles. The number of ether oxygens (including phenoxy) is 1.